The normalized spacial score (nSPS) is 19.4. The van der Waals surface area contributed by atoms with Crippen LogP contribution in [0.15, 0.2) is 18.2 Å². The molecule has 0 atom stereocenters. The number of nitrogens with one attached hydrogen (secondary N) is 1. The smallest absolute Gasteiger partial charge is 0.123 e. The third-order valence-electron chi connectivity index (χ3n) is 3.00. The molecular weight excluding hydrogens is 177 g/mol. The van der Waals surface area contributed by atoms with Crippen LogP contribution in [0.3, 0.4) is 0 Å². The van der Waals surface area contributed by atoms with Crippen molar-refractivity contribution in [3.05, 3.63) is 29.6 Å². The van der Waals surface area contributed by atoms with Crippen molar-refractivity contribution in [1.29, 1.82) is 0 Å². The number of fused-ring (bicyclic) bond motifs is 1. The van der Waals surface area contributed by atoms with Gasteiger partial charge in [-0.25, -0.2) is 4.39 Å². The van der Waals surface area contributed by atoms with Gasteiger partial charge in [0.15, 0.2) is 0 Å². The second kappa shape index (κ2) is 3.26. The zero-order valence-electron chi connectivity index (χ0n) is 8.73. The molecule has 2 rings (SSSR count). The van der Waals surface area contributed by atoms with E-state index in [1.54, 1.807) is 6.07 Å². The van der Waals surface area contributed by atoms with Crippen molar-refractivity contribution in [2.45, 2.75) is 32.1 Å². The van der Waals surface area contributed by atoms with Crippen molar-refractivity contribution in [3.8, 4) is 0 Å². The number of anilines is 1. The van der Waals surface area contributed by atoms with Crippen LogP contribution >= 0.6 is 0 Å². The van der Waals surface area contributed by atoms with Crippen LogP contribution < -0.4 is 5.32 Å². The highest BCUT2D eigenvalue weighted by molar-refractivity contribution is 5.55. The second-order valence-corrected chi connectivity index (χ2v) is 4.60. The molecule has 1 N–H and O–H groups in total. The monoisotopic (exact) mass is 193 g/mol. The van der Waals surface area contributed by atoms with Gasteiger partial charge in [-0.05, 0) is 42.0 Å². The van der Waals surface area contributed by atoms with E-state index in [-0.39, 0.29) is 11.2 Å². The zero-order valence-corrected chi connectivity index (χ0v) is 8.73. The molecule has 0 aliphatic carbocycles. The van der Waals surface area contributed by atoms with E-state index >= 15 is 0 Å². The molecule has 0 fully saturated rings. The van der Waals surface area contributed by atoms with Crippen molar-refractivity contribution in [2.24, 2.45) is 0 Å². The summed E-state index contributed by atoms with van der Waals surface area (Å²) in [5.41, 5.74) is 2.28. The van der Waals surface area contributed by atoms with Crippen molar-refractivity contribution in [1.82, 2.24) is 0 Å². The average Bonchev–Trinajstić information content (AvgIpc) is 2.26. The molecule has 0 aromatic heterocycles. The largest absolute Gasteiger partial charge is 0.385 e. The van der Waals surface area contributed by atoms with Crippen LogP contribution in [-0.2, 0) is 5.41 Å². The Morgan fingerprint density at radius 2 is 2.14 bits per heavy atom. The Morgan fingerprint density at radius 1 is 1.36 bits per heavy atom. The Hall–Kier alpha value is -1.05. The van der Waals surface area contributed by atoms with Crippen molar-refractivity contribution < 1.29 is 4.39 Å². The fourth-order valence-corrected chi connectivity index (χ4v) is 2.12. The van der Waals surface area contributed by atoms with Crippen LogP contribution in [0.25, 0.3) is 0 Å². The highest BCUT2D eigenvalue weighted by Crippen LogP contribution is 2.36. The maximum absolute atomic E-state index is 13.1. The molecule has 0 saturated heterocycles. The molecule has 14 heavy (non-hydrogen) atoms. The number of halogens is 1. The third kappa shape index (κ3) is 1.61. The van der Waals surface area contributed by atoms with Gasteiger partial charge in [-0.2, -0.15) is 0 Å². The first-order chi connectivity index (χ1) is 6.59. The lowest BCUT2D eigenvalue weighted by Gasteiger charge is -2.24. The lowest BCUT2D eigenvalue weighted by atomic mass is 9.80. The Kier molecular flexibility index (Phi) is 2.22. The number of hydrogen-bond donors (Lipinski definition) is 1. The van der Waals surface area contributed by atoms with Gasteiger partial charge < -0.3 is 5.32 Å². The second-order valence-electron chi connectivity index (χ2n) is 4.60. The lowest BCUT2D eigenvalue weighted by Crippen LogP contribution is -2.16. The molecule has 1 aliphatic heterocycles. The first-order valence-electron chi connectivity index (χ1n) is 5.13. The molecule has 0 saturated carbocycles. The van der Waals surface area contributed by atoms with Gasteiger partial charge >= 0.3 is 0 Å². The van der Waals surface area contributed by atoms with Gasteiger partial charge in [0, 0.05) is 12.2 Å². The van der Waals surface area contributed by atoms with E-state index in [0.717, 1.165) is 30.6 Å². The van der Waals surface area contributed by atoms with Crippen molar-refractivity contribution in [2.75, 3.05) is 11.9 Å². The van der Waals surface area contributed by atoms with Crippen molar-refractivity contribution in [3.63, 3.8) is 0 Å². The van der Waals surface area contributed by atoms with Gasteiger partial charge in [-0.3, -0.25) is 0 Å². The molecule has 1 heterocycles. The molecule has 2 heteroatoms. The summed E-state index contributed by atoms with van der Waals surface area (Å²) < 4.78 is 13.1. The van der Waals surface area contributed by atoms with Gasteiger partial charge in [0.05, 0.1) is 0 Å². The van der Waals surface area contributed by atoms with E-state index in [2.05, 4.69) is 19.2 Å². The SMILES string of the molecule is CC1(C)CCCNc2ccc(F)cc21. The van der Waals surface area contributed by atoms with Crippen LogP contribution in [0.1, 0.15) is 32.3 Å². The van der Waals surface area contributed by atoms with E-state index in [1.165, 1.54) is 6.07 Å². The van der Waals surface area contributed by atoms with E-state index in [9.17, 15) is 4.39 Å². The number of rotatable bonds is 0. The van der Waals surface area contributed by atoms with E-state index < -0.39 is 0 Å². The number of hydrogen-bond acceptors (Lipinski definition) is 1. The topological polar surface area (TPSA) is 12.0 Å². The molecule has 0 unspecified atom stereocenters. The minimum atomic E-state index is -0.138. The minimum absolute atomic E-state index is 0.0843. The molecule has 76 valence electrons. The molecular formula is C12H16FN. The summed E-state index contributed by atoms with van der Waals surface area (Å²) in [4.78, 5) is 0. The fourth-order valence-electron chi connectivity index (χ4n) is 2.12. The predicted octanol–water partition coefficient (Wildman–Crippen LogP) is 3.31. The van der Waals surface area contributed by atoms with Crippen LogP contribution in [0.5, 0.6) is 0 Å². The number of benzene rings is 1. The van der Waals surface area contributed by atoms with Crippen LogP contribution in [0.2, 0.25) is 0 Å². The Balaban J connectivity index is 2.52. The summed E-state index contributed by atoms with van der Waals surface area (Å²) in [6.07, 6.45) is 2.25. The maximum atomic E-state index is 13.1. The fraction of sp³-hybridized carbons (Fsp3) is 0.500. The molecule has 0 bridgehead atoms. The highest BCUT2D eigenvalue weighted by atomic mass is 19.1. The molecule has 1 aliphatic rings. The first kappa shape index (κ1) is 9.50. The highest BCUT2D eigenvalue weighted by Gasteiger charge is 2.25. The molecule has 0 spiro atoms. The summed E-state index contributed by atoms with van der Waals surface area (Å²) in [5, 5.41) is 3.34. The maximum Gasteiger partial charge on any atom is 0.123 e. The van der Waals surface area contributed by atoms with E-state index in [1.807, 2.05) is 6.07 Å². The molecule has 0 amide bonds. The van der Waals surface area contributed by atoms with Crippen LogP contribution in [0, 0.1) is 5.82 Å². The first-order valence-corrected chi connectivity index (χ1v) is 5.13. The summed E-state index contributed by atoms with van der Waals surface area (Å²) in [5.74, 6) is -0.138. The predicted molar refractivity (Wildman–Crippen MR) is 57.1 cm³/mol. The molecule has 0 radical (unpaired) electrons. The van der Waals surface area contributed by atoms with Gasteiger partial charge in [-0.15, -0.1) is 0 Å². The van der Waals surface area contributed by atoms with Gasteiger partial charge in [0.1, 0.15) is 5.82 Å². The van der Waals surface area contributed by atoms with E-state index in [0.29, 0.717) is 0 Å². The third-order valence-corrected chi connectivity index (χ3v) is 3.00. The minimum Gasteiger partial charge on any atom is -0.385 e. The van der Waals surface area contributed by atoms with Gasteiger partial charge in [-0.1, -0.05) is 13.8 Å². The quantitative estimate of drug-likeness (QED) is 0.666. The summed E-state index contributed by atoms with van der Waals surface area (Å²) in [6, 6.07) is 5.03. The van der Waals surface area contributed by atoms with Gasteiger partial charge in [0.25, 0.3) is 0 Å². The summed E-state index contributed by atoms with van der Waals surface area (Å²) >= 11 is 0. The Morgan fingerprint density at radius 3 is 2.93 bits per heavy atom. The zero-order chi connectivity index (χ0) is 10.2. The average molecular weight is 193 g/mol. The van der Waals surface area contributed by atoms with Crippen LogP contribution in [0.4, 0.5) is 10.1 Å². The molecule has 1 aromatic rings. The molecule has 1 nitrogen and oxygen atoms in total. The Bertz CT molecular complexity index is 344. The standard InChI is InChI=1S/C12H16FN/c1-12(2)6-3-7-14-11-5-4-9(13)8-10(11)12/h4-5,8,14H,3,6-7H2,1-2H3. The Labute approximate surface area is 84.3 Å². The summed E-state index contributed by atoms with van der Waals surface area (Å²) in [7, 11) is 0. The van der Waals surface area contributed by atoms with E-state index in [4.69, 9.17) is 0 Å². The molecule has 1 aromatic carbocycles. The lowest BCUT2D eigenvalue weighted by molar-refractivity contribution is 0.475. The van der Waals surface area contributed by atoms with Crippen LogP contribution in [-0.4, -0.2) is 6.54 Å². The van der Waals surface area contributed by atoms with Gasteiger partial charge in [0.2, 0.25) is 0 Å². The summed E-state index contributed by atoms with van der Waals surface area (Å²) in [6.45, 7) is 5.35. The van der Waals surface area contributed by atoms with Crippen molar-refractivity contribution >= 4 is 5.69 Å².